The molecule has 168 valence electrons. The van der Waals surface area contributed by atoms with Crippen LogP contribution in [0, 0.1) is 0 Å². The van der Waals surface area contributed by atoms with Crippen molar-refractivity contribution in [2.75, 3.05) is 18.4 Å². The Labute approximate surface area is 192 Å². The second kappa shape index (κ2) is 9.95. The first-order valence-electron chi connectivity index (χ1n) is 10.9. The molecule has 33 heavy (non-hydrogen) atoms. The summed E-state index contributed by atoms with van der Waals surface area (Å²) < 4.78 is 1.68. The van der Waals surface area contributed by atoms with E-state index in [-0.39, 0.29) is 11.9 Å². The van der Waals surface area contributed by atoms with Gasteiger partial charge in [0.1, 0.15) is 5.69 Å². The van der Waals surface area contributed by atoms with Crippen molar-refractivity contribution in [1.82, 2.24) is 25.0 Å². The molecular formula is C25H26N6O2. The summed E-state index contributed by atoms with van der Waals surface area (Å²) in [7, 11) is 0. The topological polar surface area (TPSA) is 92.2 Å². The second-order valence-electron chi connectivity index (χ2n) is 7.47. The van der Waals surface area contributed by atoms with E-state index >= 15 is 0 Å². The molecule has 8 heteroatoms. The van der Waals surface area contributed by atoms with E-state index in [0.29, 0.717) is 36.5 Å². The van der Waals surface area contributed by atoms with Crippen LogP contribution in [0.5, 0.6) is 0 Å². The maximum Gasteiger partial charge on any atom is 0.319 e. The van der Waals surface area contributed by atoms with Crippen LogP contribution >= 0.6 is 0 Å². The summed E-state index contributed by atoms with van der Waals surface area (Å²) in [5, 5.41) is 11.1. The third-order valence-corrected chi connectivity index (χ3v) is 5.39. The first-order valence-corrected chi connectivity index (χ1v) is 10.9. The zero-order valence-corrected chi connectivity index (χ0v) is 18.7. The molecule has 0 atom stereocenters. The van der Waals surface area contributed by atoms with Crippen molar-refractivity contribution < 1.29 is 9.59 Å². The van der Waals surface area contributed by atoms with Crippen molar-refractivity contribution in [2.45, 2.75) is 20.4 Å². The molecule has 0 saturated heterocycles. The van der Waals surface area contributed by atoms with Gasteiger partial charge < -0.3 is 15.5 Å². The fourth-order valence-electron chi connectivity index (χ4n) is 3.64. The molecule has 0 aliphatic heterocycles. The summed E-state index contributed by atoms with van der Waals surface area (Å²) in [5.74, 6) is -0.0813. The third kappa shape index (κ3) is 4.85. The Morgan fingerprint density at radius 2 is 1.70 bits per heavy atom. The van der Waals surface area contributed by atoms with Crippen molar-refractivity contribution in [2.24, 2.45) is 0 Å². The Kier molecular flexibility index (Phi) is 6.64. The smallest absolute Gasteiger partial charge is 0.319 e. The summed E-state index contributed by atoms with van der Waals surface area (Å²) in [4.78, 5) is 31.4. The monoisotopic (exact) mass is 442 g/mol. The van der Waals surface area contributed by atoms with E-state index in [0.717, 1.165) is 16.6 Å². The normalized spacial score (nSPS) is 10.7. The number of nitrogens with zero attached hydrogens (tertiary/aromatic N) is 4. The van der Waals surface area contributed by atoms with Gasteiger partial charge in [-0.25, -0.2) is 9.48 Å². The highest BCUT2D eigenvalue weighted by Crippen LogP contribution is 2.26. The van der Waals surface area contributed by atoms with Gasteiger partial charge in [0.15, 0.2) is 0 Å². The first kappa shape index (κ1) is 22.0. The molecule has 2 heterocycles. The zero-order chi connectivity index (χ0) is 23.2. The van der Waals surface area contributed by atoms with Gasteiger partial charge in [0.25, 0.3) is 5.91 Å². The van der Waals surface area contributed by atoms with Gasteiger partial charge in [0.05, 0.1) is 11.2 Å². The molecule has 2 aromatic heterocycles. The van der Waals surface area contributed by atoms with E-state index in [1.165, 1.54) is 0 Å². The highest BCUT2D eigenvalue weighted by atomic mass is 16.2. The van der Waals surface area contributed by atoms with E-state index in [1.807, 2.05) is 62.4 Å². The van der Waals surface area contributed by atoms with Crippen LogP contribution in [-0.4, -0.2) is 44.7 Å². The van der Waals surface area contributed by atoms with Crippen LogP contribution in [0.4, 0.5) is 10.5 Å². The molecule has 0 saturated carbocycles. The molecule has 0 fully saturated rings. The Balaban J connectivity index is 1.63. The number of anilines is 1. The number of para-hydroxylation sites is 1. The van der Waals surface area contributed by atoms with Crippen molar-refractivity contribution in [3.8, 4) is 5.69 Å². The van der Waals surface area contributed by atoms with Crippen LogP contribution in [0.3, 0.4) is 0 Å². The predicted molar refractivity (Wildman–Crippen MR) is 128 cm³/mol. The Morgan fingerprint density at radius 3 is 2.39 bits per heavy atom. The molecule has 2 N–H and O–H groups in total. The van der Waals surface area contributed by atoms with Crippen molar-refractivity contribution >= 4 is 28.5 Å². The largest absolute Gasteiger partial charge is 0.338 e. The number of rotatable bonds is 7. The number of aromatic nitrogens is 3. The van der Waals surface area contributed by atoms with E-state index in [9.17, 15) is 9.59 Å². The van der Waals surface area contributed by atoms with Crippen LogP contribution in [0.1, 0.15) is 29.9 Å². The highest BCUT2D eigenvalue weighted by Gasteiger charge is 2.23. The Hall–Kier alpha value is -4.20. The van der Waals surface area contributed by atoms with E-state index in [4.69, 9.17) is 5.10 Å². The lowest BCUT2D eigenvalue weighted by atomic mass is 10.1. The minimum absolute atomic E-state index is 0.0813. The number of amides is 3. The highest BCUT2D eigenvalue weighted by molar-refractivity contribution is 6.06. The summed E-state index contributed by atoms with van der Waals surface area (Å²) in [5.41, 5.74) is 3.48. The molecule has 3 amide bonds. The lowest BCUT2D eigenvalue weighted by Gasteiger charge is -2.19. The Bertz CT molecular complexity index is 1250. The zero-order valence-electron chi connectivity index (χ0n) is 18.7. The molecule has 0 spiro atoms. The number of hydrogen-bond donors (Lipinski definition) is 2. The van der Waals surface area contributed by atoms with E-state index in [2.05, 4.69) is 15.6 Å². The molecule has 8 nitrogen and oxygen atoms in total. The molecular weight excluding hydrogens is 416 g/mol. The minimum Gasteiger partial charge on any atom is -0.338 e. The van der Waals surface area contributed by atoms with Crippen LogP contribution in [-0.2, 0) is 6.54 Å². The molecule has 2 aromatic carbocycles. The summed E-state index contributed by atoms with van der Waals surface area (Å²) in [6.07, 6.45) is 3.37. The molecule has 4 aromatic rings. The van der Waals surface area contributed by atoms with E-state index < -0.39 is 0 Å². The lowest BCUT2D eigenvalue weighted by molar-refractivity contribution is 0.0766. The van der Waals surface area contributed by atoms with Crippen LogP contribution in [0.2, 0.25) is 0 Å². The molecule has 0 aliphatic rings. The number of benzene rings is 2. The molecule has 0 unspecified atom stereocenters. The van der Waals surface area contributed by atoms with Crippen molar-refractivity contribution in [1.29, 1.82) is 0 Å². The number of fused-ring (bicyclic) bond motifs is 1. The van der Waals surface area contributed by atoms with Crippen LogP contribution < -0.4 is 10.6 Å². The number of hydrogen-bond acceptors (Lipinski definition) is 4. The van der Waals surface area contributed by atoms with Gasteiger partial charge in [-0.1, -0.05) is 18.2 Å². The molecule has 0 bridgehead atoms. The summed E-state index contributed by atoms with van der Waals surface area (Å²) >= 11 is 0. The summed E-state index contributed by atoms with van der Waals surface area (Å²) in [6, 6.07) is 18.3. The van der Waals surface area contributed by atoms with Gasteiger partial charge in [-0.2, -0.15) is 5.10 Å². The SMILES string of the molecule is CCN(CC)C(=O)c1c2ccc(NC(=O)NCc3ccncc3)cc2nn1-c1ccccc1. The van der Waals surface area contributed by atoms with Gasteiger partial charge in [-0.15, -0.1) is 0 Å². The number of pyridine rings is 1. The second-order valence-corrected chi connectivity index (χ2v) is 7.47. The molecule has 0 radical (unpaired) electrons. The molecule has 4 rings (SSSR count). The van der Waals surface area contributed by atoms with Gasteiger partial charge in [0.2, 0.25) is 0 Å². The van der Waals surface area contributed by atoms with Gasteiger partial charge in [0, 0.05) is 43.1 Å². The molecule has 0 aliphatic carbocycles. The van der Waals surface area contributed by atoms with Crippen molar-refractivity contribution in [3.63, 3.8) is 0 Å². The van der Waals surface area contributed by atoms with E-state index in [1.54, 1.807) is 34.1 Å². The number of nitrogens with one attached hydrogen (secondary N) is 2. The quantitative estimate of drug-likeness (QED) is 0.448. The van der Waals surface area contributed by atoms with Crippen LogP contribution in [0.15, 0.2) is 73.1 Å². The maximum absolute atomic E-state index is 13.3. The fraction of sp³-hybridized carbons (Fsp3) is 0.200. The van der Waals surface area contributed by atoms with Gasteiger partial charge >= 0.3 is 6.03 Å². The van der Waals surface area contributed by atoms with Crippen LogP contribution in [0.25, 0.3) is 16.6 Å². The average molecular weight is 443 g/mol. The number of urea groups is 1. The van der Waals surface area contributed by atoms with Gasteiger partial charge in [-0.3, -0.25) is 9.78 Å². The maximum atomic E-state index is 13.3. The summed E-state index contributed by atoms with van der Waals surface area (Å²) in [6.45, 7) is 5.52. The predicted octanol–water partition coefficient (Wildman–Crippen LogP) is 4.22. The number of carbonyl (C=O) groups is 2. The lowest BCUT2D eigenvalue weighted by Crippen LogP contribution is -2.32. The number of carbonyl (C=O) groups excluding carboxylic acids is 2. The van der Waals surface area contributed by atoms with Gasteiger partial charge in [-0.05, 0) is 61.9 Å². The Morgan fingerprint density at radius 1 is 0.970 bits per heavy atom. The third-order valence-electron chi connectivity index (χ3n) is 5.39. The minimum atomic E-state index is -0.326. The standard InChI is InChI=1S/C25H26N6O2/c1-3-30(4-2)24(32)23-21-11-10-19(28-25(33)27-17-18-12-14-26-15-13-18)16-22(21)29-31(23)20-8-6-5-7-9-20/h5-16H,3-4,17H2,1-2H3,(H2,27,28,33). The average Bonchev–Trinajstić information content (AvgIpc) is 3.23. The van der Waals surface area contributed by atoms with Crippen molar-refractivity contribution in [3.05, 3.63) is 84.3 Å². The first-order chi connectivity index (χ1) is 16.1. The fourth-order valence-corrected chi connectivity index (χ4v) is 3.64.